The molecule has 0 spiro atoms. The summed E-state index contributed by atoms with van der Waals surface area (Å²) >= 11 is 0. The first kappa shape index (κ1) is 19.4. The predicted molar refractivity (Wildman–Crippen MR) is 88.5 cm³/mol. The van der Waals surface area contributed by atoms with Crippen molar-refractivity contribution in [3.8, 4) is 0 Å². The van der Waals surface area contributed by atoms with Crippen molar-refractivity contribution < 1.29 is 5.21 Å². The zero-order valence-corrected chi connectivity index (χ0v) is 13.9. The smallest absolute Gasteiger partial charge is 0.0438 e. The lowest BCUT2D eigenvalue weighted by Gasteiger charge is -2.32. The van der Waals surface area contributed by atoms with E-state index in [1.165, 1.54) is 44.9 Å². The van der Waals surface area contributed by atoms with Gasteiger partial charge in [-0.15, -0.1) is 5.16 Å². The molecule has 0 amide bonds. The van der Waals surface area contributed by atoms with Crippen molar-refractivity contribution in [2.45, 2.75) is 96.9 Å². The summed E-state index contributed by atoms with van der Waals surface area (Å²) in [7, 11) is 0. The fourth-order valence-corrected chi connectivity index (χ4v) is 2.91. The van der Waals surface area contributed by atoms with E-state index in [0.29, 0.717) is 5.92 Å². The molecule has 2 atom stereocenters. The van der Waals surface area contributed by atoms with Crippen LogP contribution in [0.2, 0.25) is 0 Å². The topological polar surface area (TPSA) is 58.6 Å². The molecule has 0 fully saturated rings. The summed E-state index contributed by atoms with van der Waals surface area (Å²) in [6, 6.07) is 0. The van der Waals surface area contributed by atoms with Gasteiger partial charge < -0.3 is 10.9 Å². The highest BCUT2D eigenvalue weighted by molar-refractivity contribution is 5.56. The van der Waals surface area contributed by atoms with Gasteiger partial charge in [-0.3, -0.25) is 0 Å². The van der Waals surface area contributed by atoms with Crippen molar-refractivity contribution in [2.24, 2.45) is 16.8 Å². The molecule has 0 radical (unpaired) electrons. The van der Waals surface area contributed by atoms with E-state index in [9.17, 15) is 0 Å². The third-order valence-corrected chi connectivity index (χ3v) is 4.41. The lowest BCUT2D eigenvalue weighted by Crippen LogP contribution is -2.41. The molecule has 0 bridgehead atoms. The minimum atomic E-state index is -0.0324. The van der Waals surface area contributed by atoms with E-state index in [0.717, 1.165) is 25.7 Å². The van der Waals surface area contributed by atoms with E-state index in [4.69, 9.17) is 10.9 Å². The second-order valence-corrected chi connectivity index (χ2v) is 6.27. The summed E-state index contributed by atoms with van der Waals surface area (Å²) < 4.78 is 0. The van der Waals surface area contributed by atoms with Crippen LogP contribution in [0.25, 0.3) is 0 Å². The van der Waals surface area contributed by atoms with Crippen LogP contribution in [0.3, 0.4) is 0 Å². The molecule has 3 N–H and O–H groups in total. The van der Waals surface area contributed by atoms with Crippen molar-refractivity contribution in [3.05, 3.63) is 0 Å². The molecule has 2 unspecified atom stereocenters. The minimum absolute atomic E-state index is 0.0324. The largest absolute Gasteiger partial charge is 0.411 e. The highest BCUT2D eigenvalue weighted by Gasteiger charge is 2.26. The summed E-state index contributed by atoms with van der Waals surface area (Å²) in [5.74, 6) is 0.559. The molecule has 0 aromatic heterocycles. The maximum atomic E-state index is 8.65. The lowest BCUT2D eigenvalue weighted by molar-refractivity contribution is 0.269. The molecular weight excluding hydrogens is 248 g/mol. The number of unbranched alkanes of at least 4 members (excludes halogenated alkanes) is 4. The van der Waals surface area contributed by atoms with Crippen LogP contribution in [-0.2, 0) is 0 Å². The Morgan fingerprint density at radius 2 is 1.75 bits per heavy atom. The van der Waals surface area contributed by atoms with Crippen LogP contribution in [0, 0.1) is 5.92 Å². The van der Waals surface area contributed by atoms with Gasteiger partial charge in [-0.2, -0.15) is 0 Å². The molecule has 0 saturated carbocycles. The minimum Gasteiger partial charge on any atom is -0.411 e. The third-order valence-electron chi connectivity index (χ3n) is 4.41. The van der Waals surface area contributed by atoms with Crippen LogP contribution < -0.4 is 5.73 Å². The van der Waals surface area contributed by atoms with Crippen LogP contribution in [0.4, 0.5) is 0 Å². The number of hydrogen-bond acceptors (Lipinski definition) is 3. The highest BCUT2D eigenvalue weighted by Crippen LogP contribution is 2.29. The molecule has 3 nitrogen and oxygen atoms in total. The molecular formula is C17H36N2O. The zero-order valence-electron chi connectivity index (χ0n) is 13.9. The number of rotatable bonds is 13. The Morgan fingerprint density at radius 1 is 1.10 bits per heavy atom. The molecule has 0 rings (SSSR count). The van der Waals surface area contributed by atoms with Crippen molar-refractivity contribution in [3.63, 3.8) is 0 Å². The average Bonchev–Trinajstić information content (AvgIpc) is 2.45. The standard InChI is InChI=1S/C17H36N2O/c1-4-7-9-11-16(12-14-19-20)15-17(18,6-3)13-10-8-5-2/h14,16,20H,4-13,15,18H2,1-3H3. The first-order valence-electron chi connectivity index (χ1n) is 8.56. The summed E-state index contributed by atoms with van der Waals surface area (Å²) in [5.41, 5.74) is 6.58. The van der Waals surface area contributed by atoms with Gasteiger partial charge in [0.05, 0.1) is 0 Å². The SMILES string of the molecule is CCCCCC(CC=NO)CC(N)(CC)CCCCC. The Hall–Kier alpha value is -0.570. The van der Waals surface area contributed by atoms with Crippen molar-refractivity contribution in [1.29, 1.82) is 0 Å². The second-order valence-electron chi connectivity index (χ2n) is 6.27. The van der Waals surface area contributed by atoms with Crippen LogP contribution in [0.1, 0.15) is 91.4 Å². The number of nitrogens with two attached hydrogens (primary N) is 1. The first-order valence-corrected chi connectivity index (χ1v) is 8.56. The molecule has 0 saturated heterocycles. The number of oxime groups is 1. The zero-order chi connectivity index (χ0) is 15.3. The summed E-state index contributed by atoms with van der Waals surface area (Å²) in [6.07, 6.45) is 14.5. The average molecular weight is 284 g/mol. The summed E-state index contributed by atoms with van der Waals surface area (Å²) in [4.78, 5) is 0. The van der Waals surface area contributed by atoms with Gasteiger partial charge in [0.15, 0.2) is 0 Å². The van der Waals surface area contributed by atoms with Crippen molar-refractivity contribution >= 4 is 6.21 Å². The van der Waals surface area contributed by atoms with Gasteiger partial charge >= 0.3 is 0 Å². The highest BCUT2D eigenvalue weighted by atomic mass is 16.4. The van der Waals surface area contributed by atoms with Crippen LogP contribution in [-0.4, -0.2) is 17.0 Å². The Labute approximate surface area is 126 Å². The molecule has 0 aromatic rings. The van der Waals surface area contributed by atoms with E-state index < -0.39 is 0 Å². The molecule has 0 aliphatic heterocycles. The lowest BCUT2D eigenvalue weighted by atomic mass is 9.79. The summed E-state index contributed by atoms with van der Waals surface area (Å²) in [6.45, 7) is 6.67. The van der Waals surface area contributed by atoms with Crippen LogP contribution in [0.15, 0.2) is 5.16 Å². The van der Waals surface area contributed by atoms with E-state index in [1.807, 2.05) is 0 Å². The van der Waals surface area contributed by atoms with Gasteiger partial charge in [-0.1, -0.05) is 65.7 Å². The van der Waals surface area contributed by atoms with Gasteiger partial charge in [0, 0.05) is 11.8 Å². The van der Waals surface area contributed by atoms with Crippen molar-refractivity contribution in [1.82, 2.24) is 0 Å². The Balaban J connectivity index is 4.38. The van der Waals surface area contributed by atoms with E-state index >= 15 is 0 Å². The molecule has 0 aliphatic rings. The predicted octanol–water partition coefficient (Wildman–Crippen LogP) is 5.11. The van der Waals surface area contributed by atoms with E-state index in [-0.39, 0.29) is 5.54 Å². The second kappa shape index (κ2) is 12.2. The van der Waals surface area contributed by atoms with Gasteiger partial charge in [-0.25, -0.2) is 0 Å². The number of hydrogen-bond donors (Lipinski definition) is 2. The Bertz CT molecular complexity index is 243. The fraction of sp³-hybridized carbons (Fsp3) is 0.941. The Kier molecular flexibility index (Phi) is 11.8. The van der Waals surface area contributed by atoms with Gasteiger partial charge in [0.2, 0.25) is 0 Å². The summed E-state index contributed by atoms with van der Waals surface area (Å²) in [5, 5.41) is 11.8. The fourth-order valence-electron chi connectivity index (χ4n) is 2.91. The van der Waals surface area contributed by atoms with Gasteiger partial charge in [0.25, 0.3) is 0 Å². The molecule has 0 aromatic carbocycles. The van der Waals surface area contributed by atoms with Gasteiger partial charge in [0.1, 0.15) is 0 Å². The Morgan fingerprint density at radius 3 is 2.30 bits per heavy atom. The van der Waals surface area contributed by atoms with E-state index in [2.05, 4.69) is 25.9 Å². The van der Waals surface area contributed by atoms with Crippen molar-refractivity contribution in [2.75, 3.05) is 0 Å². The quantitative estimate of drug-likeness (QED) is 0.214. The maximum absolute atomic E-state index is 8.65. The molecule has 0 heterocycles. The molecule has 20 heavy (non-hydrogen) atoms. The third kappa shape index (κ3) is 9.35. The van der Waals surface area contributed by atoms with Crippen LogP contribution >= 0.6 is 0 Å². The number of nitrogens with zero attached hydrogens (tertiary/aromatic N) is 1. The maximum Gasteiger partial charge on any atom is 0.0438 e. The molecule has 120 valence electrons. The van der Waals surface area contributed by atoms with Crippen LogP contribution in [0.5, 0.6) is 0 Å². The van der Waals surface area contributed by atoms with Gasteiger partial charge in [-0.05, 0) is 31.6 Å². The molecule has 0 aliphatic carbocycles. The van der Waals surface area contributed by atoms with E-state index in [1.54, 1.807) is 6.21 Å². The normalized spacial score (nSPS) is 16.4. The monoisotopic (exact) mass is 284 g/mol. The molecule has 3 heteroatoms. The first-order chi connectivity index (χ1) is 9.61.